The zero-order chi connectivity index (χ0) is 8.84. The first-order valence-corrected chi connectivity index (χ1v) is 5.77. The third-order valence-electron chi connectivity index (χ3n) is 2.86. The van der Waals surface area contributed by atoms with Crippen molar-refractivity contribution < 1.29 is 0 Å². The number of hydrogen-bond acceptors (Lipinski definition) is 3. The van der Waals surface area contributed by atoms with Gasteiger partial charge in [-0.1, -0.05) is 0 Å². The van der Waals surface area contributed by atoms with E-state index in [2.05, 4.69) is 33.6 Å². The molecule has 13 heavy (non-hydrogen) atoms. The van der Waals surface area contributed by atoms with Crippen molar-refractivity contribution in [3.05, 3.63) is 11.9 Å². The summed E-state index contributed by atoms with van der Waals surface area (Å²) in [5.41, 5.74) is 1.16. The fraction of sp³-hybridized carbons (Fsp3) is 0.667. The highest BCUT2D eigenvalue weighted by Gasteiger charge is 2.39. The van der Waals surface area contributed by atoms with Gasteiger partial charge in [-0.15, -0.1) is 0 Å². The normalized spacial score (nSPS) is 31.6. The number of thioether (sulfide) groups is 1. The summed E-state index contributed by atoms with van der Waals surface area (Å²) < 4.78 is 0. The summed E-state index contributed by atoms with van der Waals surface area (Å²) in [5.74, 6) is 2.36. The predicted molar refractivity (Wildman–Crippen MR) is 55.3 cm³/mol. The highest BCUT2D eigenvalue weighted by atomic mass is 32.2. The van der Waals surface area contributed by atoms with Crippen LogP contribution in [0.3, 0.4) is 0 Å². The van der Waals surface area contributed by atoms with E-state index in [9.17, 15) is 0 Å². The Balaban J connectivity index is 1.87. The standard InChI is InChI=1S/C9H13N3S/c1-6-3-10-9(11-6)12-4-8-2-7(12)5-13-8/h3,7-8H,2,4-5H2,1H3,(H,10,11). The number of fused-ring (bicyclic) bond motifs is 2. The van der Waals surface area contributed by atoms with Crippen molar-refractivity contribution in [2.75, 3.05) is 17.2 Å². The van der Waals surface area contributed by atoms with E-state index in [1.807, 2.05) is 6.20 Å². The van der Waals surface area contributed by atoms with Crippen LogP contribution in [0.1, 0.15) is 12.1 Å². The highest BCUT2D eigenvalue weighted by molar-refractivity contribution is 8.00. The molecule has 0 aromatic carbocycles. The van der Waals surface area contributed by atoms with Gasteiger partial charge in [0.25, 0.3) is 0 Å². The molecular formula is C9H13N3S. The van der Waals surface area contributed by atoms with Crippen molar-refractivity contribution in [1.82, 2.24) is 9.97 Å². The van der Waals surface area contributed by atoms with E-state index >= 15 is 0 Å². The Bertz CT molecular complexity index is 322. The van der Waals surface area contributed by atoms with Crippen LogP contribution in [0, 0.1) is 6.92 Å². The first kappa shape index (κ1) is 7.74. The van der Waals surface area contributed by atoms with Crippen LogP contribution in [-0.4, -0.2) is 33.6 Å². The van der Waals surface area contributed by atoms with Gasteiger partial charge in [0.1, 0.15) is 0 Å². The first-order valence-electron chi connectivity index (χ1n) is 4.73. The van der Waals surface area contributed by atoms with Gasteiger partial charge in [-0.25, -0.2) is 4.98 Å². The van der Waals surface area contributed by atoms with Crippen molar-refractivity contribution in [3.8, 4) is 0 Å². The van der Waals surface area contributed by atoms with E-state index < -0.39 is 0 Å². The molecule has 0 saturated carbocycles. The lowest BCUT2D eigenvalue weighted by Crippen LogP contribution is -2.34. The van der Waals surface area contributed by atoms with E-state index in [1.54, 1.807) is 0 Å². The molecule has 3 rings (SSSR count). The fourth-order valence-electron chi connectivity index (χ4n) is 2.20. The van der Waals surface area contributed by atoms with Crippen LogP contribution >= 0.6 is 11.8 Å². The number of nitrogens with zero attached hydrogens (tertiary/aromatic N) is 2. The molecule has 0 amide bonds. The van der Waals surface area contributed by atoms with Crippen LogP contribution in [0.4, 0.5) is 5.95 Å². The lowest BCUT2D eigenvalue weighted by atomic mass is 10.2. The summed E-state index contributed by atoms with van der Waals surface area (Å²) in [6.45, 7) is 3.24. The predicted octanol–water partition coefficient (Wildman–Crippen LogP) is 1.41. The lowest BCUT2D eigenvalue weighted by molar-refractivity contribution is 0.743. The fourth-order valence-corrected chi connectivity index (χ4v) is 3.64. The number of aromatic nitrogens is 2. The third kappa shape index (κ3) is 1.15. The van der Waals surface area contributed by atoms with E-state index in [4.69, 9.17) is 0 Å². The summed E-state index contributed by atoms with van der Waals surface area (Å²) in [6.07, 6.45) is 3.26. The molecular weight excluding hydrogens is 182 g/mol. The second-order valence-corrected chi connectivity index (χ2v) is 5.22. The minimum atomic E-state index is 0.737. The molecule has 4 heteroatoms. The Morgan fingerprint density at radius 3 is 3.15 bits per heavy atom. The molecule has 0 spiro atoms. The zero-order valence-electron chi connectivity index (χ0n) is 7.66. The Kier molecular flexibility index (Phi) is 1.59. The summed E-state index contributed by atoms with van der Waals surface area (Å²) >= 11 is 2.11. The van der Waals surface area contributed by atoms with E-state index in [1.165, 1.54) is 18.7 Å². The Morgan fingerprint density at radius 1 is 1.69 bits per heavy atom. The molecule has 1 N–H and O–H groups in total. The van der Waals surface area contributed by atoms with Gasteiger partial charge in [-0.05, 0) is 13.3 Å². The summed E-state index contributed by atoms with van der Waals surface area (Å²) in [6, 6.07) is 0.737. The van der Waals surface area contributed by atoms with Crippen LogP contribution in [0.5, 0.6) is 0 Å². The third-order valence-corrected chi connectivity index (χ3v) is 4.25. The van der Waals surface area contributed by atoms with Gasteiger partial charge >= 0.3 is 0 Å². The maximum atomic E-state index is 4.38. The maximum Gasteiger partial charge on any atom is 0.203 e. The van der Waals surface area contributed by atoms with Crippen molar-refractivity contribution in [3.63, 3.8) is 0 Å². The monoisotopic (exact) mass is 195 g/mol. The molecule has 0 radical (unpaired) electrons. The average molecular weight is 195 g/mol. The van der Waals surface area contributed by atoms with Crippen molar-refractivity contribution in [1.29, 1.82) is 0 Å². The van der Waals surface area contributed by atoms with Gasteiger partial charge < -0.3 is 9.88 Å². The van der Waals surface area contributed by atoms with Crippen LogP contribution < -0.4 is 4.90 Å². The van der Waals surface area contributed by atoms with Crippen LogP contribution in [-0.2, 0) is 0 Å². The number of rotatable bonds is 1. The first-order chi connectivity index (χ1) is 6.33. The molecule has 2 fully saturated rings. The van der Waals surface area contributed by atoms with Crippen molar-refractivity contribution in [2.45, 2.75) is 24.6 Å². The number of anilines is 1. The number of imidazole rings is 1. The van der Waals surface area contributed by atoms with Gasteiger partial charge in [0.05, 0.1) is 0 Å². The zero-order valence-corrected chi connectivity index (χ0v) is 8.47. The molecule has 1 aromatic heterocycles. The van der Waals surface area contributed by atoms with Gasteiger partial charge in [0, 0.05) is 35.5 Å². The molecule has 3 heterocycles. The summed E-state index contributed by atoms with van der Waals surface area (Å²) in [7, 11) is 0. The van der Waals surface area contributed by atoms with E-state index in [-0.39, 0.29) is 0 Å². The topological polar surface area (TPSA) is 31.9 Å². The molecule has 2 atom stereocenters. The van der Waals surface area contributed by atoms with Gasteiger partial charge in [-0.3, -0.25) is 0 Å². The number of H-pyrrole nitrogens is 1. The number of aromatic amines is 1. The number of hydrogen-bond donors (Lipinski definition) is 1. The molecule has 1 aromatic rings. The van der Waals surface area contributed by atoms with E-state index in [0.29, 0.717) is 0 Å². The lowest BCUT2D eigenvalue weighted by Gasteiger charge is -2.25. The molecule has 2 bridgehead atoms. The molecule has 0 aliphatic carbocycles. The van der Waals surface area contributed by atoms with Crippen LogP contribution in [0.15, 0.2) is 6.20 Å². The second kappa shape index (κ2) is 2.67. The summed E-state index contributed by atoms with van der Waals surface area (Å²) in [4.78, 5) is 10.1. The van der Waals surface area contributed by atoms with Crippen LogP contribution in [0.2, 0.25) is 0 Å². The quantitative estimate of drug-likeness (QED) is 0.735. The molecule has 70 valence electrons. The number of nitrogens with one attached hydrogen (secondary N) is 1. The minimum Gasteiger partial charge on any atom is -0.337 e. The smallest absolute Gasteiger partial charge is 0.203 e. The SMILES string of the molecule is Cc1cnc(N2CC3CC2CS3)[nH]1. The molecule has 3 nitrogen and oxygen atoms in total. The van der Waals surface area contributed by atoms with E-state index in [0.717, 1.165) is 22.9 Å². The average Bonchev–Trinajstić information content (AvgIpc) is 2.77. The van der Waals surface area contributed by atoms with Gasteiger partial charge in [0.15, 0.2) is 0 Å². The Labute approximate surface area is 81.9 Å². The van der Waals surface area contributed by atoms with Gasteiger partial charge in [-0.2, -0.15) is 11.8 Å². The largest absolute Gasteiger partial charge is 0.337 e. The molecule has 2 saturated heterocycles. The van der Waals surface area contributed by atoms with Crippen LogP contribution in [0.25, 0.3) is 0 Å². The van der Waals surface area contributed by atoms with Crippen molar-refractivity contribution in [2.24, 2.45) is 0 Å². The Hall–Kier alpha value is -0.640. The molecule has 2 aliphatic rings. The maximum absolute atomic E-state index is 4.38. The summed E-state index contributed by atoms with van der Waals surface area (Å²) in [5, 5.41) is 0.857. The second-order valence-electron chi connectivity index (χ2n) is 3.89. The van der Waals surface area contributed by atoms with Crippen molar-refractivity contribution >= 4 is 17.7 Å². The molecule has 2 aliphatic heterocycles. The Morgan fingerprint density at radius 2 is 2.62 bits per heavy atom. The number of aryl methyl sites for hydroxylation is 1. The minimum absolute atomic E-state index is 0.737. The van der Waals surface area contributed by atoms with Gasteiger partial charge in [0.2, 0.25) is 5.95 Å². The molecule has 2 unspecified atom stereocenters. The highest BCUT2D eigenvalue weighted by Crippen LogP contribution is 2.38.